The Morgan fingerprint density at radius 2 is 1.74 bits per heavy atom. The molecule has 1 N–H and O–H groups in total. The molecule has 0 aliphatic carbocycles. The van der Waals surface area contributed by atoms with E-state index in [1.807, 2.05) is 30.5 Å². The fourth-order valence-corrected chi connectivity index (χ4v) is 4.90. The fourth-order valence-electron chi connectivity index (χ4n) is 4.90. The largest absolute Gasteiger partial charge is 0.416 e. The van der Waals surface area contributed by atoms with Gasteiger partial charge in [-0.05, 0) is 80.6 Å². The third-order valence-corrected chi connectivity index (χ3v) is 7.13. The molecule has 2 saturated heterocycles. The zero-order valence-electron chi connectivity index (χ0n) is 19.9. The van der Waals surface area contributed by atoms with Crippen LogP contribution in [0.3, 0.4) is 0 Å². The predicted molar refractivity (Wildman–Crippen MR) is 128 cm³/mol. The first-order valence-electron chi connectivity index (χ1n) is 12.0. The van der Waals surface area contributed by atoms with Gasteiger partial charge in [-0.1, -0.05) is 0 Å². The van der Waals surface area contributed by atoms with Crippen LogP contribution in [0, 0.1) is 19.8 Å². The van der Waals surface area contributed by atoms with Gasteiger partial charge in [0.1, 0.15) is 0 Å². The van der Waals surface area contributed by atoms with Crippen LogP contribution in [-0.4, -0.2) is 47.8 Å². The maximum absolute atomic E-state index is 13.1. The zero-order chi connectivity index (χ0) is 24.7. The lowest BCUT2D eigenvalue weighted by molar-refractivity contribution is -0.137. The van der Waals surface area contributed by atoms with Crippen molar-refractivity contribution in [2.24, 2.45) is 5.92 Å². The predicted octanol–water partition coefficient (Wildman–Crippen LogP) is 4.78. The van der Waals surface area contributed by atoms with Gasteiger partial charge >= 0.3 is 6.18 Å². The second-order valence-corrected chi connectivity index (χ2v) is 9.55. The van der Waals surface area contributed by atoms with Crippen LogP contribution in [0.1, 0.15) is 36.0 Å². The van der Waals surface area contributed by atoms with E-state index in [2.05, 4.69) is 10.2 Å². The Bertz CT molecular complexity index is 1220. The van der Waals surface area contributed by atoms with E-state index >= 15 is 0 Å². The van der Waals surface area contributed by atoms with Crippen molar-refractivity contribution in [2.75, 3.05) is 31.2 Å². The second-order valence-electron chi connectivity index (χ2n) is 9.55. The molecule has 5 rings (SSSR count). The molecule has 1 aromatic heterocycles. The number of benzene rings is 2. The second kappa shape index (κ2) is 9.18. The molecule has 6 nitrogen and oxygen atoms in total. The van der Waals surface area contributed by atoms with E-state index in [1.165, 1.54) is 12.1 Å². The van der Waals surface area contributed by atoms with Crippen molar-refractivity contribution in [3.05, 3.63) is 53.1 Å². The number of nitrogens with one attached hydrogen (secondary N) is 1. The van der Waals surface area contributed by atoms with Gasteiger partial charge in [-0.15, -0.1) is 0 Å². The number of fused-ring (bicyclic) bond motifs is 1. The van der Waals surface area contributed by atoms with Crippen LogP contribution in [-0.2, 0) is 15.7 Å². The van der Waals surface area contributed by atoms with Crippen molar-refractivity contribution in [2.45, 2.75) is 45.3 Å². The van der Waals surface area contributed by atoms with Crippen LogP contribution in [0.4, 0.5) is 19.1 Å². The highest BCUT2D eigenvalue weighted by atomic mass is 19.4. The summed E-state index contributed by atoms with van der Waals surface area (Å²) in [5.74, 6) is 0.690. The van der Waals surface area contributed by atoms with Crippen molar-refractivity contribution in [1.82, 2.24) is 14.9 Å². The first-order valence-corrected chi connectivity index (χ1v) is 12.0. The minimum Gasteiger partial charge on any atom is -0.379 e. The maximum Gasteiger partial charge on any atom is 0.416 e. The average molecular weight is 487 g/mol. The van der Waals surface area contributed by atoms with Crippen molar-refractivity contribution in [3.8, 4) is 5.69 Å². The Labute approximate surface area is 202 Å². The molecule has 2 fully saturated rings. The number of nitrogens with zero attached hydrogens (tertiary/aromatic N) is 3. The summed E-state index contributed by atoms with van der Waals surface area (Å²) in [6.07, 6.45) is -2.17. The van der Waals surface area contributed by atoms with Crippen LogP contribution in [0.2, 0.25) is 0 Å². The number of imidazole rings is 1. The molecule has 35 heavy (non-hydrogen) atoms. The van der Waals surface area contributed by atoms with Gasteiger partial charge in [-0.2, -0.15) is 13.2 Å². The average Bonchev–Trinajstić information content (AvgIpc) is 3.47. The summed E-state index contributed by atoms with van der Waals surface area (Å²) >= 11 is 0. The molecule has 0 saturated carbocycles. The van der Waals surface area contributed by atoms with Crippen LogP contribution >= 0.6 is 0 Å². The fraction of sp³-hybridized carbons (Fsp3) is 0.462. The number of aromatic nitrogens is 2. The van der Waals surface area contributed by atoms with E-state index < -0.39 is 11.7 Å². The monoisotopic (exact) mass is 486 g/mol. The first kappa shape index (κ1) is 23.7. The number of carbonyl (C=O) groups excluding carboxylic acids is 1. The summed E-state index contributed by atoms with van der Waals surface area (Å²) in [5.41, 5.74) is 3.78. The van der Waals surface area contributed by atoms with Crippen molar-refractivity contribution >= 4 is 22.9 Å². The Kier molecular flexibility index (Phi) is 6.21. The van der Waals surface area contributed by atoms with Crippen molar-refractivity contribution < 1.29 is 22.7 Å². The Morgan fingerprint density at radius 1 is 1.06 bits per heavy atom. The molecule has 1 atom stereocenters. The number of piperidine rings is 1. The highest BCUT2D eigenvalue weighted by Gasteiger charge is 2.32. The molecular formula is C26H29F3N4O2. The summed E-state index contributed by atoms with van der Waals surface area (Å²) in [4.78, 5) is 19.7. The number of amides is 1. The van der Waals surface area contributed by atoms with Crippen LogP contribution < -0.4 is 10.2 Å². The summed E-state index contributed by atoms with van der Waals surface area (Å²) in [6, 6.07) is 9.33. The van der Waals surface area contributed by atoms with Crippen molar-refractivity contribution in [1.29, 1.82) is 0 Å². The SMILES string of the molecule is Cc1cc2nc(N3CCC(C(=O)NC4CCOC4)CC3)n(-c3ccc(C(F)(F)F)cc3)c2cc1C. The topological polar surface area (TPSA) is 59.4 Å². The summed E-state index contributed by atoms with van der Waals surface area (Å²) < 4.78 is 46.7. The lowest BCUT2D eigenvalue weighted by atomic mass is 9.95. The number of hydrogen-bond donors (Lipinski definition) is 1. The number of ether oxygens (including phenoxy) is 1. The number of anilines is 1. The van der Waals surface area contributed by atoms with Gasteiger partial charge in [-0.25, -0.2) is 4.98 Å². The van der Waals surface area contributed by atoms with Crippen LogP contribution in [0.15, 0.2) is 36.4 Å². The molecule has 2 aliphatic rings. The van der Waals surface area contributed by atoms with E-state index in [9.17, 15) is 18.0 Å². The number of carbonyl (C=O) groups is 1. The molecule has 1 unspecified atom stereocenters. The smallest absolute Gasteiger partial charge is 0.379 e. The number of halogens is 3. The van der Waals surface area contributed by atoms with Gasteiger partial charge in [0, 0.05) is 31.3 Å². The van der Waals surface area contributed by atoms with Gasteiger partial charge in [0.05, 0.1) is 29.2 Å². The highest BCUT2D eigenvalue weighted by Crippen LogP contribution is 2.34. The Balaban J connectivity index is 1.43. The zero-order valence-corrected chi connectivity index (χ0v) is 19.9. The van der Waals surface area contributed by atoms with E-state index in [0.29, 0.717) is 50.8 Å². The van der Waals surface area contributed by atoms with E-state index in [1.54, 1.807) is 0 Å². The Morgan fingerprint density at radius 3 is 2.37 bits per heavy atom. The van der Waals surface area contributed by atoms with Gasteiger partial charge in [0.25, 0.3) is 0 Å². The molecule has 186 valence electrons. The van der Waals surface area contributed by atoms with Gasteiger partial charge < -0.3 is 15.0 Å². The normalized spacial score (nSPS) is 19.5. The minimum absolute atomic E-state index is 0.0692. The van der Waals surface area contributed by atoms with Gasteiger partial charge in [0.15, 0.2) is 0 Å². The summed E-state index contributed by atoms with van der Waals surface area (Å²) in [7, 11) is 0. The van der Waals surface area contributed by atoms with Crippen LogP contribution in [0.5, 0.6) is 0 Å². The highest BCUT2D eigenvalue weighted by molar-refractivity contribution is 5.83. The van der Waals surface area contributed by atoms with E-state index in [-0.39, 0.29) is 17.9 Å². The van der Waals surface area contributed by atoms with Crippen molar-refractivity contribution in [3.63, 3.8) is 0 Å². The molecule has 2 aliphatic heterocycles. The van der Waals surface area contributed by atoms with Crippen LogP contribution in [0.25, 0.3) is 16.7 Å². The molecule has 9 heteroatoms. The number of alkyl halides is 3. The Hall–Kier alpha value is -3.07. The molecule has 3 aromatic rings. The molecular weight excluding hydrogens is 457 g/mol. The quantitative estimate of drug-likeness (QED) is 0.577. The minimum atomic E-state index is -4.39. The number of hydrogen-bond acceptors (Lipinski definition) is 4. The molecule has 3 heterocycles. The van der Waals surface area contributed by atoms with E-state index in [4.69, 9.17) is 9.72 Å². The first-order chi connectivity index (χ1) is 16.7. The number of rotatable bonds is 4. The molecule has 1 amide bonds. The molecule has 0 spiro atoms. The summed E-state index contributed by atoms with van der Waals surface area (Å²) in [5, 5.41) is 3.10. The third-order valence-electron chi connectivity index (χ3n) is 7.13. The van der Waals surface area contributed by atoms with E-state index in [0.717, 1.165) is 40.7 Å². The van der Waals surface area contributed by atoms with Gasteiger partial charge in [-0.3, -0.25) is 9.36 Å². The maximum atomic E-state index is 13.1. The molecule has 2 aromatic carbocycles. The third kappa shape index (κ3) is 4.74. The molecule has 0 bridgehead atoms. The summed E-state index contributed by atoms with van der Waals surface area (Å²) in [6.45, 7) is 6.56. The number of aryl methyl sites for hydroxylation is 2. The standard InChI is InChI=1S/C26H29F3N4O2/c1-16-13-22-23(14-17(16)2)33(21-5-3-19(4-6-21)26(27,28)29)25(31-22)32-10-7-18(8-11-32)24(34)30-20-9-12-35-15-20/h3-6,13-14,18,20H,7-12,15H2,1-2H3,(H,30,34). The van der Waals surface area contributed by atoms with Gasteiger partial charge in [0.2, 0.25) is 11.9 Å². The lowest BCUT2D eigenvalue weighted by Gasteiger charge is -2.32. The lowest BCUT2D eigenvalue weighted by Crippen LogP contribution is -2.44. The molecule has 0 radical (unpaired) electrons.